The summed E-state index contributed by atoms with van der Waals surface area (Å²) < 4.78 is 41.6. The molecular formula is C37H40ClN5O7S. The number of imide groups is 1. The first-order valence-corrected chi connectivity index (χ1v) is 19.0. The van der Waals surface area contributed by atoms with Gasteiger partial charge in [0.1, 0.15) is 17.5 Å². The van der Waals surface area contributed by atoms with Crippen LogP contribution in [-0.2, 0) is 26.0 Å². The van der Waals surface area contributed by atoms with Crippen LogP contribution in [-0.4, -0.2) is 90.8 Å². The number of ether oxygens (including phenoxy) is 2. The number of nitrogens with two attached hydrogens (primary N) is 1. The lowest BCUT2D eigenvalue weighted by molar-refractivity contribution is -0.128. The van der Waals surface area contributed by atoms with Crippen molar-refractivity contribution in [2.24, 2.45) is 17.6 Å². The number of carbonyl (C=O) groups excluding carboxylic acids is 3. The van der Waals surface area contributed by atoms with Crippen LogP contribution in [0.4, 0.5) is 4.79 Å². The largest absolute Gasteiger partial charge is 0.457 e. The highest BCUT2D eigenvalue weighted by atomic mass is 35.5. The Bertz CT molecular complexity index is 2050. The molecule has 3 aliphatic rings. The number of benzene rings is 3. The second kappa shape index (κ2) is 14.7. The second-order valence-electron chi connectivity index (χ2n) is 13.4. The van der Waals surface area contributed by atoms with Gasteiger partial charge >= 0.3 is 6.03 Å². The van der Waals surface area contributed by atoms with Gasteiger partial charge in [-0.1, -0.05) is 36.2 Å². The number of carbonyl (C=O) groups is 3. The van der Waals surface area contributed by atoms with Crippen molar-refractivity contribution in [2.75, 3.05) is 39.4 Å². The number of urea groups is 1. The first kappa shape index (κ1) is 35.0. The molecule has 2 aliphatic heterocycles. The van der Waals surface area contributed by atoms with E-state index in [4.69, 9.17) is 26.8 Å². The van der Waals surface area contributed by atoms with Gasteiger partial charge in [0, 0.05) is 48.2 Å². The van der Waals surface area contributed by atoms with Crippen LogP contribution in [0.25, 0.3) is 10.9 Å². The number of aromatic nitrogens is 1. The van der Waals surface area contributed by atoms with Crippen LogP contribution in [0.2, 0.25) is 5.02 Å². The Labute approximate surface area is 301 Å². The van der Waals surface area contributed by atoms with Gasteiger partial charge in [0.05, 0.1) is 23.7 Å². The number of halogens is 1. The third kappa shape index (κ3) is 7.08. The monoisotopic (exact) mass is 733 g/mol. The number of nitrogens with one attached hydrogen (secondary N) is 1. The molecular weight excluding hydrogens is 694 g/mol. The average molecular weight is 734 g/mol. The molecule has 3 unspecified atom stereocenters. The summed E-state index contributed by atoms with van der Waals surface area (Å²) in [6.07, 6.45) is 5.20. The Hall–Kier alpha value is -4.43. The topological polar surface area (TPSA) is 155 Å². The van der Waals surface area contributed by atoms with Crippen LogP contribution >= 0.6 is 11.6 Å². The van der Waals surface area contributed by atoms with Crippen molar-refractivity contribution in [3.63, 3.8) is 0 Å². The van der Waals surface area contributed by atoms with E-state index >= 15 is 0 Å². The molecule has 3 aromatic carbocycles. The van der Waals surface area contributed by atoms with E-state index in [-0.39, 0.29) is 41.0 Å². The van der Waals surface area contributed by atoms with Crippen molar-refractivity contribution in [1.29, 1.82) is 0 Å². The first-order valence-electron chi connectivity index (χ1n) is 17.2. The molecule has 7 rings (SSSR count). The smallest absolute Gasteiger partial charge is 0.341 e. The van der Waals surface area contributed by atoms with Crippen LogP contribution in [0, 0.1) is 11.8 Å². The summed E-state index contributed by atoms with van der Waals surface area (Å²) in [7, 11) is -4.67. The van der Waals surface area contributed by atoms with E-state index in [2.05, 4.69) is 4.98 Å². The fourth-order valence-electron chi connectivity index (χ4n) is 7.39. The molecule has 14 heteroatoms. The number of nitrogens with zero attached hydrogens (tertiary/aromatic N) is 3. The molecule has 2 saturated heterocycles. The molecule has 0 radical (unpaired) electrons. The lowest BCUT2D eigenvalue weighted by Gasteiger charge is -2.30. The Kier molecular flexibility index (Phi) is 10.1. The zero-order valence-electron chi connectivity index (χ0n) is 28.0. The number of hydrogen-bond donors (Lipinski definition) is 2. The van der Waals surface area contributed by atoms with Crippen LogP contribution in [0.1, 0.15) is 41.6 Å². The summed E-state index contributed by atoms with van der Waals surface area (Å²) >= 11 is 6.05. The Morgan fingerprint density at radius 1 is 1.00 bits per heavy atom. The number of H-pyrrole nitrogens is 1. The van der Waals surface area contributed by atoms with E-state index in [1.807, 2.05) is 24.3 Å². The van der Waals surface area contributed by atoms with E-state index in [0.29, 0.717) is 53.5 Å². The van der Waals surface area contributed by atoms with E-state index < -0.39 is 33.9 Å². The van der Waals surface area contributed by atoms with Crippen LogP contribution in [0.3, 0.4) is 0 Å². The molecule has 1 aromatic heterocycles. The van der Waals surface area contributed by atoms with E-state index in [9.17, 15) is 22.8 Å². The maximum absolute atomic E-state index is 14.7. The minimum Gasteiger partial charge on any atom is -0.457 e. The predicted octanol–water partition coefficient (Wildman–Crippen LogP) is 5.42. The van der Waals surface area contributed by atoms with Crippen LogP contribution in [0.5, 0.6) is 11.5 Å². The quantitative estimate of drug-likeness (QED) is 0.205. The van der Waals surface area contributed by atoms with Gasteiger partial charge in [0.2, 0.25) is 0 Å². The molecule has 12 nitrogen and oxygen atoms in total. The number of hydrogen-bond acceptors (Lipinski definition) is 8. The van der Waals surface area contributed by atoms with Gasteiger partial charge in [0.25, 0.3) is 21.8 Å². The minimum atomic E-state index is -4.67. The number of para-hydroxylation sites is 1. The summed E-state index contributed by atoms with van der Waals surface area (Å²) in [5.74, 6) is -0.211. The maximum Gasteiger partial charge on any atom is 0.341 e. The number of morpholine rings is 1. The SMILES string of the molecule is NCC1CCCC(CN2C(=O)C(Cc3c[nH]c4ccccc34)N(S(=O)(=O)c3ccc(Oc4ccc(Cl)cc4)c(C(=O)N4CCOCC4)c3)C2=O)C1. The molecule has 3 heterocycles. The fraction of sp³-hybridized carbons (Fsp3) is 0.378. The Morgan fingerprint density at radius 2 is 1.75 bits per heavy atom. The van der Waals surface area contributed by atoms with Crippen molar-refractivity contribution in [2.45, 2.75) is 43.0 Å². The summed E-state index contributed by atoms with van der Waals surface area (Å²) in [4.78, 5) is 47.9. The van der Waals surface area contributed by atoms with Gasteiger partial charge in [-0.3, -0.25) is 14.5 Å². The highest BCUT2D eigenvalue weighted by molar-refractivity contribution is 7.89. The molecule has 0 bridgehead atoms. The third-order valence-electron chi connectivity index (χ3n) is 10.1. The molecule has 268 valence electrons. The van der Waals surface area contributed by atoms with Gasteiger partial charge < -0.3 is 25.1 Å². The number of fused-ring (bicyclic) bond motifs is 1. The van der Waals surface area contributed by atoms with E-state index in [1.54, 1.807) is 35.4 Å². The molecule has 3 fully saturated rings. The van der Waals surface area contributed by atoms with Crippen molar-refractivity contribution in [3.05, 3.63) is 89.1 Å². The van der Waals surface area contributed by atoms with E-state index in [0.717, 1.165) is 41.5 Å². The Morgan fingerprint density at radius 3 is 2.51 bits per heavy atom. The first-order chi connectivity index (χ1) is 24.6. The summed E-state index contributed by atoms with van der Waals surface area (Å²) in [6, 6.07) is 15.8. The normalized spacial score (nSPS) is 21.5. The van der Waals surface area contributed by atoms with Gasteiger partial charge in [0.15, 0.2) is 0 Å². The van der Waals surface area contributed by atoms with Gasteiger partial charge in [-0.15, -0.1) is 0 Å². The lowest BCUT2D eigenvalue weighted by Crippen LogP contribution is -2.42. The molecule has 51 heavy (non-hydrogen) atoms. The third-order valence-corrected chi connectivity index (χ3v) is 12.1. The van der Waals surface area contributed by atoms with Crippen LogP contribution < -0.4 is 10.5 Å². The van der Waals surface area contributed by atoms with Crippen molar-refractivity contribution in [1.82, 2.24) is 19.1 Å². The standard InChI is InChI=1S/C37H40ClN5O7S/c38-27-8-10-28(11-9-27)50-34-13-12-29(20-31(34)35(44)41-14-16-49-17-15-41)51(47,48)43-33(19-26-22-40-32-7-2-1-6-30(26)32)36(45)42(37(43)46)23-25-5-3-4-24(18-25)21-39/h1-2,6-13,20,22,24-25,33,40H,3-5,14-19,21,23,39H2. The number of sulfonamides is 1. The Balaban J connectivity index is 1.27. The van der Waals surface area contributed by atoms with Crippen molar-refractivity contribution >= 4 is 50.4 Å². The zero-order valence-corrected chi connectivity index (χ0v) is 29.6. The lowest BCUT2D eigenvalue weighted by atomic mass is 9.81. The highest BCUT2D eigenvalue weighted by Gasteiger charge is 2.52. The van der Waals surface area contributed by atoms with Crippen molar-refractivity contribution in [3.8, 4) is 11.5 Å². The molecule has 1 saturated carbocycles. The molecule has 4 amide bonds. The van der Waals surface area contributed by atoms with E-state index in [1.165, 1.54) is 18.2 Å². The number of aromatic amines is 1. The van der Waals surface area contributed by atoms with Gasteiger partial charge in [-0.2, -0.15) is 0 Å². The molecule has 0 spiro atoms. The fourth-order valence-corrected chi connectivity index (χ4v) is 9.05. The summed E-state index contributed by atoms with van der Waals surface area (Å²) in [6.45, 7) is 1.91. The summed E-state index contributed by atoms with van der Waals surface area (Å²) in [5.41, 5.74) is 7.49. The van der Waals surface area contributed by atoms with Gasteiger partial charge in [-0.25, -0.2) is 17.5 Å². The zero-order chi connectivity index (χ0) is 35.7. The predicted molar refractivity (Wildman–Crippen MR) is 191 cm³/mol. The average Bonchev–Trinajstić information content (AvgIpc) is 3.66. The second-order valence-corrected chi connectivity index (χ2v) is 15.6. The minimum absolute atomic E-state index is 0.00837. The molecule has 3 N–H and O–H groups in total. The highest BCUT2D eigenvalue weighted by Crippen LogP contribution is 2.36. The van der Waals surface area contributed by atoms with Crippen LogP contribution in [0.15, 0.2) is 77.8 Å². The molecule has 4 aromatic rings. The maximum atomic E-state index is 14.7. The summed E-state index contributed by atoms with van der Waals surface area (Å²) in [5, 5.41) is 1.32. The molecule has 3 atom stereocenters. The number of rotatable bonds is 10. The molecule has 1 aliphatic carbocycles. The van der Waals surface area contributed by atoms with Gasteiger partial charge in [-0.05, 0) is 91.7 Å². The number of amides is 4. The van der Waals surface area contributed by atoms with Crippen molar-refractivity contribution < 1.29 is 32.3 Å².